The predicted octanol–water partition coefficient (Wildman–Crippen LogP) is -0.391. The van der Waals surface area contributed by atoms with Crippen LogP contribution < -0.4 is 0 Å². The summed E-state index contributed by atoms with van der Waals surface area (Å²) in [6.45, 7) is 0.500. The Labute approximate surface area is 38.7 Å². The molecule has 1 N–H and O–H groups in total. The summed E-state index contributed by atoms with van der Waals surface area (Å²) >= 11 is 0. The summed E-state index contributed by atoms with van der Waals surface area (Å²) in [5, 5.41) is 6.76. The second-order valence-corrected chi connectivity index (χ2v) is 0.0913. The zero-order chi connectivity index (χ0) is 2.71. The number of hydrogen-bond acceptors (Lipinski definition) is 1. The molecular weight excluding hydrogens is 91.9 g/mol. The molecule has 2 nitrogen and oxygen atoms in total. The molecule has 0 heterocycles. The van der Waals surface area contributed by atoms with Gasteiger partial charge in [-0.05, 0) is 0 Å². The zero-order valence-corrected chi connectivity index (χ0v) is 3.42. The van der Waals surface area contributed by atoms with E-state index in [1.165, 1.54) is 0 Å². The first kappa shape index (κ1) is 8.89. The van der Waals surface area contributed by atoms with Crippen LogP contribution in [-0.2, 0) is 26.5 Å². The molecule has 0 bridgehead atoms. The molecule has 0 aromatic heterocycles. The SMILES string of the molecule is O=[C-]O.[Ti+]. The van der Waals surface area contributed by atoms with Crippen molar-refractivity contribution < 1.29 is 31.6 Å². The van der Waals surface area contributed by atoms with E-state index in [4.69, 9.17) is 9.90 Å². The van der Waals surface area contributed by atoms with Gasteiger partial charge < -0.3 is 9.90 Å². The molecule has 0 saturated carbocycles. The van der Waals surface area contributed by atoms with E-state index in [-0.39, 0.29) is 21.7 Å². The summed E-state index contributed by atoms with van der Waals surface area (Å²) in [6.07, 6.45) is 0. The fourth-order valence-electron chi connectivity index (χ4n) is 0. The van der Waals surface area contributed by atoms with Gasteiger partial charge in [0.1, 0.15) is 0 Å². The number of hydrogen-bond donors (Lipinski definition) is 1. The van der Waals surface area contributed by atoms with Gasteiger partial charge in [0.2, 0.25) is 0 Å². The average Bonchev–Trinajstić information content (AvgIpc) is 0.918. The van der Waals surface area contributed by atoms with Crippen LogP contribution >= 0.6 is 0 Å². The van der Waals surface area contributed by atoms with Crippen molar-refractivity contribution in [2.45, 2.75) is 0 Å². The van der Waals surface area contributed by atoms with Crippen LogP contribution in [0.1, 0.15) is 0 Å². The Bertz CT molecular complexity index is 13.5. The summed E-state index contributed by atoms with van der Waals surface area (Å²) in [5.41, 5.74) is 0. The van der Waals surface area contributed by atoms with Crippen LogP contribution in [0.3, 0.4) is 0 Å². The Morgan fingerprint density at radius 2 is 1.75 bits per heavy atom. The van der Waals surface area contributed by atoms with Crippen molar-refractivity contribution >= 4 is 6.47 Å². The first-order valence-electron chi connectivity index (χ1n) is 0.428. The first-order chi connectivity index (χ1) is 1.41. The van der Waals surface area contributed by atoms with Gasteiger partial charge in [-0.2, -0.15) is 0 Å². The Balaban J connectivity index is 0. The van der Waals surface area contributed by atoms with Gasteiger partial charge in [0.05, 0.1) is 0 Å². The van der Waals surface area contributed by atoms with E-state index in [0.717, 1.165) is 0 Å². The molecule has 1 radical (unpaired) electrons. The van der Waals surface area contributed by atoms with E-state index in [1.807, 2.05) is 0 Å². The maximum absolute atomic E-state index is 8.24. The molecule has 0 aliphatic carbocycles. The number of rotatable bonds is 0. The summed E-state index contributed by atoms with van der Waals surface area (Å²) in [6, 6.07) is 0. The molecule has 0 aromatic rings. The molecule has 0 fully saturated rings. The van der Waals surface area contributed by atoms with Crippen molar-refractivity contribution in [3.05, 3.63) is 0 Å². The Morgan fingerprint density at radius 3 is 1.75 bits per heavy atom. The van der Waals surface area contributed by atoms with Crippen molar-refractivity contribution in [2.24, 2.45) is 0 Å². The minimum Gasteiger partial charge on any atom is -0.665 e. The summed E-state index contributed by atoms with van der Waals surface area (Å²) < 4.78 is 0. The second-order valence-electron chi connectivity index (χ2n) is 0.0913. The van der Waals surface area contributed by atoms with Crippen LogP contribution in [0.2, 0.25) is 0 Å². The summed E-state index contributed by atoms with van der Waals surface area (Å²) in [4.78, 5) is 8.24. The molecule has 0 aromatic carbocycles. The van der Waals surface area contributed by atoms with Crippen LogP contribution in [-0.4, -0.2) is 11.6 Å². The van der Waals surface area contributed by atoms with Crippen LogP contribution in [0.15, 0.2) is 0 Å². The van der Waals surface area contributed by atoms with Crippen molar-refractivity contribution in [3.63, 3.8) is 0 Å². The van der Waals surface area contributed by atoms with E-state index in [1.54, 1.807) is 0 Å². The minimum absolute atomic E-state index is 0. The molecule has 0 spiro atoms. The smallest absolute Gasteiger partial charge is 0.665 e. The molecule has 0 rings (SSSR count). The monoisotopic (exact) mass is 92.9 g/mol. The number of aliphatic hydroxyl groups excluding tert-OH is 1. The Hall–Kier alpha value is 0.184. The quantitative estimate of drug-likeness (QED) is 0.327. The molecule has 0 aliphatic heterocycles. The van der Waals surface area contributed by atoms with Crippen molar-refractivity contribution in [1.29, 1.82) is 0 Å². The van der Waals surface area contributed by atoms with E-state index in [0.29, 0.717) is 6.47 Å². The van der Waals surface area contributed by atoms with Crippen molar-refractivity contribution in [1.82, 2.24) is 0 Å². The standard InChI is InChI=1S/CHO2.Ti/c2-1-3;/h(H,2,3);/q-1;+1. The van der Waals surface area contributed by atoms with E-state index in [9.17, 15) is 0 Å². The van der Waals surface area contributed by atoms with Crippen LogP contribution in [0, 0.1) is 0 Å². The maximum atomic E-state index is 8.24. The summed E-state index contributed by atoms with van der Waals surface area (Å²) in [5.74, 6) is 0. The molecule has 3 heteroatoms. The Morgan fingerprint density at radius 1 is 1.75 bits per heavy atom. The first-order valence-corrected chi connectivity index (χ1v) is 0.428. The van der Waals surface area contributed by atoms with Gasteiger partial charge in [-0.25, -0.2) is 0 Å². The van der Waals surface area contributed by atoms with Gasteiger partial charge >= 0.3 is 21.7 Å². The van der Waals surface area contributed by atoms with E-state index >= 15 is 0 Å². The Kier molecular flexibility index (Phi) is 24.1. The van der Waals surface area contributed by atoms with Gasteiger partial charge in [-0.3, -0.25) is 0 Å². The normalized spacial score (nSPS) is 3.00. The molecule has 0 saturated heterocycles. The van der Waals surface area contributed by atoms with Gasteiger partial charge in [0.15, 0.2) is 0 Å². The third-order valence-corrected chi connectivity index (χ3v) is 0. The van der Waals surface area contributed by atoms with Gasteiger partial charge in [0, 0.05) is 0 Å². The van der Waals surface area contributed by atoms with Crippen LogP contribution in [0.4, 0.5) is 0 Å². The van der Waals surface area contributed by atoms with Crippen molar-refractivity contribution in [2.75, 3.05) is 0 Å². The van der Waals surface area contributed by atoms with E-state index in [2.05, 4.69) is 0 Å². The molecule has 0 aliphatic rings. The fourth-order valence-corrected chi connectivity index (χ4v) is 0. The van der Waals surface area contributed by atoms with Crippen molar-refractivity contribution in [3.8, 4) is 0 Å². The topological polar surface area (TPSA) is 37.3 Å². The molecule has 0 atom stereocenters. The molecule has 0 amide bonds. The van der Waals surface area contributed by atoms with Crippen LogP contribution in [0.25, 0.3) is 0 Å². The predicted molar refractivity (Wildman–Crippen MR) is 8.32 cm³/mol. The van der Waals surface area contributed by atoms with Gasteiger partial charge in [0.25, 0.3) is 0 Å². The van der Waals surface area contributed by atoms with Crippen LogP contribution in [0.5, 0.6) is 0 Å². The maximum Gasteiger partial charge on any atom is 1.00 e. The second kappa shape index (κ2) is 10.8. The third kappa shape index (κ3) is 90.2. The molecule has 21 valence electrons. The third-order valence-electron chi connectivity index (χ3n) is 0. The zero-order valence-electron chi connectivity index (χ0n) is 1.86. The van der Waals surface area contributed by atoms with E-state index < -0.39 is 0 Å². The largest absolute Gasteiger partial charge is 1.00 e. The molecule has 0 unspecified atom stereocenters. The average molecular weight is 92.9 g/mol. The van der Waals surface area contributed by atoms with Gasteiger partial charge in [-0.1, -0.05) is 6.47 Å². The fraction of sp³-hybridized carbons (Fsp3) is 0. The molecular formula is CHO2Ti. The minimum atomic E-state index is 0. The summed E-state index contributed by atoms with van der Waals surface area (Å²) in [7, 11) is 0. The molecule has 4 heavy (non-hydrogen) atoms. The van der Waals surface area contributed by atoms with Gasteiger partial charge in [-0.15, -0.1) is 0 Å².